The molecule has 1 aromatic heterocycles. The molecule has 3 fully saturated rings. The van der Waals surface area contributed by atoms with Gasteiger partial charge < -0.3 is 24.4 Å². The molecule has 6 heteroatoms. The Kier molecular flexibility index (Phi) is 6.41. The number of hydrogen-bond acceptors (Lipinski definition) is 5. The Morgan fingerprint density at radius 2 is 1.82 bits per heavy atom. The highest BCUT2D eigenvalue weighted by Crippen LogP contribution is 2.70. The number of H-pyrrole nitrogens is 1. The molecular formula is C32H41NO5. The Morgan fingerprint density at radius 3 is 2.50 bits per heavy atom. The van der Waals surface area contributed by atoms with Crippen molar-refractivity contribution in [3.05, 3.63) is 59.3 Å². The van der Waals surface area contributed by atoms with Gasteiger partial charge in [0.25, 0.3) is 0 Å². The van der Waals surface area contributed by atoms with Gasteiger partial charge in [0.2, 0.25) is 0 Å². The number of aromatic amines is 1. The van der Waals surface area contributed by atoms with Gasteiger partial charge >= 0.3 is 0 Å². The second-order valence-electron chi connectivity index (χ2n) is 12.7. The zero-order chi connectivity index (χ0) is 27.7. The van der Waals surface area contributed by atoms with Crippen LogP contribution in [0.4, 0.5) is 0 Å². The molecule has 1 saturated heterocycles. The molecule has 5 aliphatic rings. The Hall–Kier alpha value is -2.54. The van der Waals surface area contributed by atoms with Crippen molar-refractivity contribution in [2.75, 3.05) is 6.61 Å². The van der Waals surface area contributed by atoms with Gasteiger partial charge in [0.1, 0.15) is 12.4 Å². The van der Waals surface area contributed by atoms with Crippen molar-refractivity contribution in [1.82, 2.24) is 4.98 Å². The SMILES string of the molecule is C=C(C)CO.C=O.CC1(C)O[C@@]23CC[C@@]4(C)C(CC[C@H]5Cc6c([nH]c7ccccc67)[C@@]54C)C2=CC(=O)[C@@H]1O3. The quantitative estimate of drug-likeness (QED) is 0.481. The van der Waals surface area contributed by atoms with E-state index in [-0.39, 0.29) is 23.2 Å². The minimum Gasteiger partial charge on any atom is -0.392 e. The van der Waals surface area contributed by atoms with Gasteiger partial charge in [-0.05, 0) is 87.0 Å². The summed E-state index contributed by atoms with van der Waals surface area (Å²) < 4.78 is 13.0. The largest absolute Gasteiger partial charge is 0.392 e. The zero-order valence-electron chi connectivity index (χ0n) is 23.4. The first kappa shape index (κ1) is 27.0. The standard InChI is InChI=1S/C27H31NO3.C4H8O.CH2O/c1-24(2)23-21(29)14-19-18-10-9-15-13-17-16-7-5-6-8-20(16)28-22(17)26(15,4)25(18,3)11-12-27(19,30-23)31-24;1-4(2)3-5;1-2/h5-8,14-15,18,23,28H,9-13H2,1-4H3;5H,1,3H2,2H3;1H2/t15-,18?,23-,25-,26+,27-;;/m0../s1. The lowest BCUT2D eigenvalue weighted by Crippen LogP contribution is -2.60. The van der Waals surface area contributed by atoms with Crippen LogP contribution in [0.25, 0.3) is 10.9 Å². The van der Waals surface area contributed by atoms with Crippen LogP contribution in [0.3, 0.4) is 0 Å². The topological polar surface area (TPSA) is 88.6 Å². The Labute approximate surface area is 225 Å². The van der Waals surface area contributed by atoms with Crippen LogP contribution in [0.2, 0.25) is 0 Å². The summed E-state index contributed by atoms with van der Waals surface area (Å²) in [6.07, 6.45) is 6.78. The maximum atomic E-state index is 13.0. The highest BCUT2D eigenvalue weighted by Gasteiger charge is 2.69. The molecule has 2 saturated carbocycles. The molecule has 204 valence electrons. The van der Waals surface area contributed by atoms with Gasteiger partial charge in [-0.15, -0.1) is 0 Å². The Bertz CT molecular complexity index is 1320. The molecule has 2 N–H and O–H groups in total. The van der Waals surface area contributed by atoms with Crippen molar-refractivity contribution in [3.8, 4) is 0 Å². The smallest absolute Gasteiger partial charge is 0.193 e. The maximum absolute atomic E-state index is 13.0. The number of aliphatic hydroxyl groups is 1. The van der Waals surface area contributed by atoms with E-state index < -0.39 is 17.5 Å². The second kappa shape index (κ2) is 9.00. The molecule has 1 unspecified atom stereocenters. The van der Waals surface area contributed by atoms with Gasteiger partial charge in [0.15, 0.2) is 17.7 Å². The summed E-state index contributed by atoms with van der Waals surface area (Å²) in [5.41, 5.74) is 5.70. The number of carbonyl (C=O) groups excluding carboxylic acids is 2. The average molecular weight is 520 g/mol. The number of hydrogen-bond donors (Lipinski definition) is 2. The fourth-order valence-corrected chi connectivity index (χ4v) is 8.38. The van der Waals surface area contributed by atoms with Crippen molar-refractivity contribution < 1.29 is 24.2 Å². The molecule has 0 radical (unpaired) electrons. The van der Waals surface area contributed by atoms with Crippen molar-refractivity contribution in [1.29, 1.82) is 0 Å². The number of ketones is 1. The first-order chi connectivity index (χ1) is 18.0. The van der Waals surface area contributed by atoms with Gasteiger partial charge in [-0.1, -0.05) is 44.2 Å². The molecule has 1 spiro atoms. The number of carbonyl (C=O) groups is 2. The fourth-order valence-electron chi connectivity index (χ4n) is 8.38. The number of para-hydroxylation sites is 1. The molecule has 1 aromatic carbocycles. The van der Waals surface area contributed by atoms with Crippen LogP contribution >= 0.6 is 0 Å². The number of aliphatic hydroxyl groups excluding tert-OH is 1. The van der Waals surface area contributed by atoms with Crippen molar-refractivity contribution >= 4 is 23.5 Å². The minimum absolute atomic E-state index is 0.0563. The van der Waals surface area contributed by atoms with E-state index in [1.165, 1.54) is 28.6 Å². The van der Waals surface area contributed by atoms with E-state index in [0.717, 1.165) is 36.8 Å². The monoisotopic (exact) mass is 519 g/mol. The van der Waals surface area contributed by atoms with Crippen LogP contribution in [0.5, 0.6) is 0 Å². The van der Waals surface area contributed by atoms with Crippen LogP contribution in [0.15, 0.2) is 48.1 Å². The Morgan fingerprint density at radius 1 is 1.13 bits per heavy atom. The van der Waals surface area contributed by atoms with Gasteiger partial charge in [-0.3, -0.25) is 4.79 Å². The van der Waals surface area contributed by atoms with Crippen LogP contribution in [0, 0.1) is 17.3 Å². The second-order valence-corrected chi connectivity index (χ2v) is 12.7. The van der Waals surface area contributed by atoms with Crippen LogP contribution < -0.4 is 0 Å². The van der Waals surface area contributed by atoms with Crippen molar-refractivity contribution in [2.45, 2.75) is 89.6 Å². The van der Waals surface area contributed by atoms with E-state index in [0.29, 0.717) is 11.8 Å². The van der Waals surface area contributed by atoms with Crippen LogP contribution in [0.1, 0.15) is 71.6 Å². The molecule has 3 heterocycles. The number of fused-ring (bicyclic) bond motifs is 9. The lowest BCUT2D eigenvalue weighted by atomic mass is 9.44. The summed E-state index contributed by atoms with van der Waals surface area (Å²) in [5, 5.41) is 9.43. The third-order valence-electron chi connectivity index (χ3n) is 10.3. The lowest BCUT2D eigenvalue weighted by molar-refractivity contribution is -0.205. The highest BCUT2D eigenvalue weighted by atomic mass is 16.8. The highest BCUT2D eigenvalue weighted by molar-refractivity contribution is 5.97. The normalized spacial score (nSPS) is 37.4. The summed E-state index contributed by atoms with van der Waals surface area (Å²) in [6, 6.07) is 8.75. The third-order valence-corrected chi connectivity index (χ3v) is 10.3. The Balaban J connectivity index is 0.000000380. The first-order valence-electron chi connectivity index (χ1n) is 13.7. The van der Waals surface area contributed by atoms with E-state index in [4.69, 9.17) is 19.4 Å². The summed E-state index contributed by atoms with van der Waals surface area (Å²) >= 11 is 0. The van der Waals surface area contributed by atoms with E-state index in [1.807, 2.05) is 26.7 Å². The van der Waals surface area contributed by atoms with Crippen LogP contribution in [-0.2, 0) is 30.9 Å². The molecule has 3 aliphatic carbocycles. The number of nitrogens with one attached hydrogen (secondary N) is 1. The van der Waals surface area contributed by atoms with E-state index >= 15 is 0 Å². The molecule has 38 heavy (non-hydrogen) atoms. The average Bonchev–Trinajstić information content (AvgIpc) is 3.48. The van der Waals surface area contributed by atoms with Gasteiger partial charge in [0.05, 0.1) is 6.61 Å². The molecule has 6 nitrogen and oxygen atoms in total. The molecule has 2 aliphatic heterocycles. The van der Waals surface area contributed by atoms with E-state index in [9.17, 15) is 4.79 Å². The van der Waals surface area contributed by atoms with Gasteiger partial charge in [-0.25, -0.2) is 0 Å². The molecule has 6 atom stereocenters. The number of aromatic nitrogens is 1. The van der Waals surface area contributed by atoms with Gasteiger partial charge in [-0.2, -0.15) is 0 Å². The predicted octanol–water partition coefficient (Wildman–Crippen LogP) is 5.58. The number of ether oxygens (including phenoxy) is 2. The molecular weight excluding hydrogens is 478 g/mol. The van der Waals surface area contributed by atoms with Crippen LogP contribution in [-0.4, -0.2) is 46.8 Å². The predicted molar refractivity (Wildman–Crippen MR) is 148 cm³/mol. The summed E-state index contributed by atoms with van der Waals surface area (Å²) in [4.78, 5) is 24.9. The van der Waals surface area contributed by atoms with Gasteiger partial charge in [0, 0.05) is 28.4 Å². The van der Waals surface area contributed by atoms with E-state index in [1.54, 1.807) is 6.92 Å². The number of rotatable bonds is 1. The minimum atomic E-state index is -0.697. The molecule has 2 aromatic rings. The summed E-state index contributed by atoms with van der Waals surface area (Å²) in [7, 11) is 0. The third kappa shape index (κ3) is 3.49. The van der Waals surface area contributed by atoms with Crippen molar-refractivity contribution in [3.63, 3.8) is 0 Å². The first-order valence-corrected chi connectivity index (χ1v) is 13.7. The fraction of sp³-hybridized carbons (Fsp3) is 0.562. The molecule has 0 amide bonds. The summed E-state index contributed by atoms with van der Waals surface area (Å²) in [6.45, 7) is 16.3. The lowest BCUT2D eigenvalue weighted by Gasteiger charge is -2.61. The van der Waals surface area contributed by atoms with Crippen molar-refractivity contribution in [2.24, 2.45) is 17.3 Å². The van der Waals surface area contributed by atoms with E-state index in [2.05, 4.69) is 49.7 Å². The summed E-state index contributed by atoms with van der Waals surface area (Å²) in [5.74, 6) is 0.335. The number of benzene rings is 1. The molecule has 2 bridgehead atoms. The zero-order valence-corrected chi connectivity index (χ0v) is 23.4. The maximum Gasteiger partial charge on any atom is 0.193 e. The molecule has 7 rings (SSSR count).